The van der Waals surface area contributed by atoms with Crippen LogP contribution in [-0.2, 0) is 9.59 Å². The van der Waals surface area contributed by atoms with Crippen molar-refractivity contribution in [3.8, 4) is 11.5 Å². The molecule has 4 nitrogen and oxygen atoms in total. The fourth-order valence-corrected chi connectivity index (χ4v) is 7.47. The largest absolute Gasteiger partial charge is 0.457 e. The van der Waals surface area contributed by atoms with E-state index in [0.717, 1.165) is 23.3 Å². The van der Waals surface area contributed by atoms with Crippen molar-refractivity contribution in [2.24, 2.45) is 23.7 Å². The van der Waals surface area contributed by atoms with Crippen molar-refractivity contribution in [2.45, 2.75) is 42.8 Å². The third-order valence-electron chi connectivity index (χ3n) is 7.10. The van der Waals surface area contributed by atoms with Gasteiger partial charge in [-0.25, -0.2) is 0 Å². The van der Waals surface area contributed by atoms with E-state index < -0.39 is 0 Å². The number of nitrogens with zero attached hydrogens (tertiary/aromatic N) is 1. The quantitative estimate of drug-likeness (QED) is 0.339. The van der Waals surface area contributed by atoms with Crippen molar-refractivity contribution in [1.29, 1.82) is 0 Å². The molecule has 2 saturated carbocycles. The summed E-state index contributed by atoms with van der Waals surface area (Å²) in [6.07, 6.45) is 0.938. The Morgan fingerprint density at radius 1 is 0.935 bits per heavy atom. The van der Waals surface area contributed by atoms with Gasteiger partial charge in [-0.2, -0.15) is 0 Å². The Kier molecular flexibility index (Phi) is 5.29. The first-order valence-corrected chi connectivity index (χ1v) is 12.7. The van der Waals surface area contributed by atoms with Gasteiger partial charge in [0.05, 0.1) is 17.5 Å². The summed E-state index contributed by atoms with van der Waals surface area (Å²) in [6.45, 7) is 6.33. The molecule has 1 aliphatic heterocycles. The standard InChI is InChI=1S/C25H25Br2NO3/c1-12(2)16-9-4-13(3)10-19(16)31-15-7-5-14(6-8-15)28-24(29)20-17-11-18(21(20)25(28)30)23(27)22(17)26/h4-10,12,17-18,20-23H,11H2,1-3H3/t17-,18+,20-,21-,22-,23+/m0/s1. The molecule has 6 atom stereocenters. The number of alkyl halides is 2. The predicted octanol–water partition coefficient (Wildman–Crippen LogP) is 6.19. The van der Waals surface area contributed by atoms with Gasteiger partial charge in [-0.1, -0.05) is 57.8 Å². The van der Waals surface area contributed by atoms with Crippen molar-refractivity contribution in [3.63, 3.8) is 0 Å². The van der Waals surface area contributed by atoms with Crippen LogP contribution >= 0.6 is 31.9 Å². The van der Waals surface area contributed by atoms with E-state index in [4.69, 9.17) is 4.74 Å². The topological polar surface area (TPSA) is 46.6 Å². The lowest BCUT2D eigenvalue weighted by Gasteiger charge is -2.28. The minimum Gasteiger partial charge on any atom is -0.457 e. The minimum atomic E-state index is -0.201. The van der Waals surface area contributed by atoms with Crippen LogP contribution < -0.4 is 9.64 Å². The zero-order chi connectivity index (χ0) is 22.0. The van der Waals surface area contributed by atoms with Gasteiger partial charge in [-0.05, 0) is 72.6 Å². The van der Waals surface area contributed by atoms with Crippen molar-refractivity contribution in [3.05, 3.63) is 53.6 Å². The van der Waals surface area contributed by atoms with Crippen LogP contribution in [0.5, 0.6) is 11.5 Å². The maximum atomic E-state index is 13.2. The average Bonchev–Trinajstić information content (AvgIpc) is 3.33. The van der Waals surface area contributed by atoms with Crippen molar-refractivity contribution in [2.75, 3.05) is 4.90 Å². The van der Waals surface area contributed by atoms with Crippen LogP contribution in [0.3, 0.4) is 0 Å². The Labute approximate surface area is 199 Å². The summed E-state index contributed by atoms with van der Waals surface area (Å²) in [6, 6.07) is 13.5. The number of imide groups is 1. The number of amides is 2. The first-order valence-electron chi connectivity index (χ1n) is 10.8. The van der Waals surface area contributed by atoms with E-state index in [1.807, 2.05) is 37.3 Å². The lowest BCUT2D eigenvalue weighted by Crippen LogP contribution is -2.37. The summed E-state index contributed by atoms with van der Waals surface area (Å²) in [5.74, 6) is 1.81. The number of carbonyl (C=O) groups is 2. The van der Waals surface area contributed by atoms with E-state index in [9.17, 15) is 9.59 Å². The van der Waals surface area contributed by atoms with Gasteiger partial charge in [-0.3, -0.25) is 14.5 Å². The normalized spacial score (nSPS) is 31.6. The number of benzene rings is 2. The Bertz CT molecular complexity index is 1020. The highest BCUT2D eigenvalue weighted by molar-refractivity contribution is 9.12. The van der Waals surface area contributed by atoms with Crippen LogP contribution in [0.1, 0.15) is 37.3 Å². The molecule has 0 spiro atoms. The zero-order valence-electron chi connectivity index (χ0n) is 17.7. The Hall–Kier alpha value is -1.66. The zero-order valence-corrected chi connectivity index (χ0v) is 20.9. The van der Waals surface area contributed by atoms with Gasteiger partial charge in [0.15, 0.2) is 0 Å². The number of aryl methyl sites for hydroxylation is 1. The molecule has 1 saturated heterocycles. The van der Waals surface area contributed by atoms with Crippen LogP contribution in [0.15, 0.2) is 42.5 Å². The smallest absolute Gasteiger partial charge is 0.238 e. The molecule has 2 aromatic rings. The fourth-order valence-electron chi connectivity index (χ4n) is 5.60. The molecular formula is C25H25Br2NO3. The molecule has 3 aliphatic rings. The van der Waals surface area contributed by atoms with E-state index >= 15 is 0 Å². The van der Waals surface area contributed by atoms with E-state index in [2.05, 4.69) is 57.8 Å². The molecule has 3 fully saturated rings. The van der Waals surface area contributed by atoms with Gasteiger partial charge in [0.25, 0.3) is 0 Å². The lowest BCUT2D eigenvalue weighted by molar-refractivity contribution is -0.123. The second-order valence-electron chi connectivity index (χ2n) is 9.31. The van der Waals surface area contributed by atoms with Crippen LogP contribution in [-0.4, -0.2) is 21.5 Å². The van der Waals surface area contributed by atoms with Crippen molar-refractivity contribution < 1.29 is 14.3 Å². The number of ether oxygens (including phenoxy) is 1. The van der Waals surface area contributed by atoms with Gasteiger partial charge in [-0.15, -0.1) is 0 Å². The Morgan fingerprint density at radius 3 is 2.06 bits per heavy atom. The molecule has 0 N–H and O–H groups in total. The maximum absolute atomic E-state index is 13.2. The summed E-state index contributed by atoms with van der Waals surface area (Å²) < 4.78 is 6.17. The molecule has 6 heteroatoms. The number of halogens is 2. The third kappa shape index (κ3) is 3.29. The summed E-state index contributed by atoms with van der Waals surface area (Å²) in [5.41, 5.74) is 2.92. The van der Waals surface area contributed by atoms with Gasteiger partial charge >= 0.3 is 0 Å². The monoisotopic (exact) mass is 545 g/mol. The van der Waals surface area contributed by atoms with Gasteiger partial charge < -0.3 is 4.74 Å². The molecule has 31 heavy (non-hydrogen) atoms. The van der Waals surface area contributed by atoms with E-state index in [1.54, 1.807) is 0 Å². The Balaban J connectivity index is 1.39. The van der Waals surface area contributed by atoms with Crippen LogP contribution in [0, 0.1) is 30.6 Å². The van der Waals surface area contributed by atoms with Crippen molar-refractivity contribution >= 4 is 49.4 Å². The van der Waals surface area contributed by atoms with Crippen LogP contribution in [0.2, 0.25) is 0 Å². The minimum absolute atomic E-state index is 0.0548. The molecule has 0 radical (unpaired) electrons. The van der Waals surface area contributed by atoms with E-state index in [0.29, 0.717) is 17.4 Å². The molecule has 2 amide bonds. The molecule has 2 aromatic carbocycles. The number of hydrogen-bond acceptors (Lipinski definition) is 3. The summed E-state index contributed by atoms with van der Waals surface area (Å²) in [4.78, 5) is 28.3. The number of rotatable bonds is 4. The highest BCUT2D eigenvalue weighted by Gasteiger charge is 2.66. The molecule has 162 valence electrons. The Morgan fingerprint density at radius 2 is 1.52 bits per heavy atom. The van der Waals surface area contributed by atoms with Gasteiger partial charge in [0.1, 0.15) is 11.5 Å². The molecule has 0 unspecified atom stereocenters. The van der Waals surface area contributed by atoms with Gasteiger partial charge in [0, 0.05) is 9.65 Å². The molecule has 0 aromatic heterocycles. The predicted molar refractivity (Wildman–Crippen MR) is 128 cm³/mol. The maximum Gasteiger partial charge on any atom is 0.238 e. The highest BCUT2D eigenvalue weighted by atomic mass is 79.9. The third-order valence-corrected chi connectivity index (χ3v) is 10.3. The molecular weight excluding hydrogens is 522 g/mol. The van der Waals surface area contributed by atoms with Gasteiger partial charge in [0.2, 0.25) is 11.8 Å². The lowest BCUT2D eigenvalue weighted by atomic mass is 9.81. The van der Waals surface area contributed by atoms with Crippen LogP contribution in [0.25, 0.3) is 0 Å². The highest BCUT2D eigenvalue weighted by Crippen LogP contribution is 2.60. The number of anilines is 1. The van der Waals surface area contributed by atoms with E-state index in [1.165, 1.54) is 4.90 Å². The number of hydrogen-bond donors (Lipinski definition) is 0. The summed E-state index contributed by atoms with van der Waals surface area (Å²) in [5, 5.41) is 0. The van der Waals surface area contributed by atoms with E-state index in [-0.39, 0.29) is 45.1 Å². The second-order valence-corrected chi connectivity index (χ2v) is 11.4. The first-order chi connectivity index (χ1) is 14.8. The molecule has 2 aliphatic carbocycles. The SMILES string of the molecule is Cc1ccc(C(C)C)c(Oc2ccc(N3C(=O)[C@H]4[C@@H]5C[C@@H]([C@@H](Br)[C@H]5Br)[C@@H]4C3=O)cc2)c1. The summed E-state index contributed by atoms with van der Waals surface area (Å²) in [7, 11) is 0. The second kappa shape index (κ2) is 7.73. The fraction of sp³-hybridized carbons (Fsp3) is 0.440. The number of carbonyl (C=O) groups excluding carboxylic acids is 2. The average molecular weight is 547 g/mol. The molecule has 5 rings (SSSR count). The summed E-state index contributed by atoms with van der Waals surface area (Å²) >= 11 is 7.47. The molecule has 1 heterocycles. The van der Waals surface area contributed by atoms with Crippen molar-refractivity contribution in [1.82, 2.24) is 0 Å². The first kappa shape index (κ1) is 21.2. The number of fused-ring (bicyclic) bond motifs is 5. The molecule has 2 bridgehead atoms. The van der Waals surface area contributed by atoms with Crippen LogP contribution in [0.4, 0.5) is 5.69 Å².